The van der Waals surface area contributed by atoms with Crippen molar-refractivity contribution in [3.05, 3.63) is 102 Å². The van der Waals surface area contributed by atoms with Crippen LogP contribution in [0.3, 0.4) is 0 Å². The number of para-hydroxylation sites is 1. The molecular formula is C30H30N7O+. The lowest BCUT2D eigenvalue weighted by atomic mass is 9.93. The van der Waals surface area contributed by atoms with Gasteiger partial charge in [0.25, 0.3) is 5.91 Å². The van der Waals surface area contributed by atoms with Crippen LogP contribution in [0.25, 0.3) is 10.9 Å². The van der Waals surface area contributed by atoms with Crippen molar-refractivity contribution in [3.63, 3.8) is 0 Å². The molecule has 0 spiro atoms. The molecule has 0 radical (unpaired) electrons. The first-order valence-electron chi connectivity index (χ1n) is 12.9. The van der Waals surface area contributed by atoms with Crippen molar-refractivity contribution in [2.75, 3.05) is 25.5 Å². The Morgan fingerprint density at radius 2 is 1.92 bits per heavy atom. The first-order valence-corrected chi connectivity index (χ1v) is 12.9. The topological polar surface area (TPSA) is 78.1 Å². The highest BCUT2D eigenvalue weighted by molar-refractivity contribution is 5.97. The van der Waals surface area contributed by atoms with E-state index < -0.39 is 0 Å². The summed E-state index contributed by atoms with van der Waals surface area (Å²) >= 11 is 0. The second kappa shape index (κ2) is 9.78. The lowest BCUT2D eigenvalue weighted by Crippen LogP contribution is -2.38. The molecule has 38 heavy (non-hydrogen) atoms. The van der Waals surface area contributed by atoms with Crippen LogP contribution in [0.4, 0.5) is 5.82 Å². The monoisotopic (exact) mass is 504 g/mol. The Labute approximate surface area is 222 Å². The number of amides is 1. The molecule has 5 heterocycles. The molecule has 8 nitrogen and oxygen atoms in total. The van der Waals surface area contributed by atoms with E-state index in [1.165, 1.54) is 0 Å². The summed E-state index contributed by atoms with van der Waals surface area (Å²) in [5.74, 6) is 1.49. The minimum Gasteiger partial charge on any atom is -0.355 e. The van der Waals surface area contributed by atoms with E-state index in [9.17, 15) is 4.79 Å². The quantitative estimate of drug-likeness (QED) is 0.384. The number of carbonyl (C=O) groups is 1. The van der Waals surface area contributed by atoms with Gasteiger partial charge in [-0.2, -0.15) is 0 Å². The summed E-state index contributed by atoms with van der Waals surface area (Å²) in [4.78, 5) is 36.6. The van der Waals surface area contributed by atoms with Crippen LogP contribution < -0.4 is 4.90 Å². The number of rotatable bonds is 5. The summed E-state index contributed by atoms with van der Waals surface area (Å²) in [5, 5.41) is 0.970. The summed E-state index contributed by atoms with van der Waals surface area (Å²) in [7, 11) is 4.12. The van der Waals surface area contributed by atoms with Crippen molar-refractivity contribution in [2.24, 2.45) is 5.92 Å². The minimum absolute atomic E-state index is 0.103. The summed E-state index contributed by atoms with van der Waals surface area (Å²) in [6.45, 7) is 3.85. The van der Waals surface area contributed by atoms with Gasteiger partial charge in [-0.1, -0.05) is 24.3 Å². The number of pyridine rings is 2. The number of aromatic nitrogens is 4. The number of fused-ring (bicyclic) bond motifs is 3. The van der Waals surface area contributed by atoms with Gasteiger partial charge in [-0.05, 0) is 41.8 Å². The van der Waals surface area contributed by atoms with E-state index in [0.717, 1.165) is 52.2 Å². The molecule has 1 aromatic carbocycles. The molecular weight excluding hydrogens is 474 g/mol. The lowest BCUT2D eigenvalue weighted by Gasteiger charge is -2.29. The molecule has 1 atom stereocenters. The number of hydrogen-bond donors (Lipinski definition) is 0. The fourth-order valence-corrected chi connectivity index (χ4v) is 5.40. The second-order valence-electron chi connectivity index (χ2n) is 10.1. The van der Waals surface area contributed by atoms with Crippen LogP contribution >= 0.6 is 0 Å². The maximum atomic E-state index is 13.9. The number of carbonyl (C=O) groups excluding carboxylic acids is 1. The maximum absolute atomic E-state index is 13.9. The average Bonchev–Trinajstić information content (AvgIpc) is 3.03. The van der Waals surface area contributed by atoms with Crippen molar-refractivity contribution in [2.45, 2.75) is 26.4 Å². The molecule has 4 aromatic rings. The largest absolute Gasteiger partial charge is 0.355 e. The van der Waals surface area contributed by atoms with E-state index in [1.54, 1.807) is 12.4 Å². The molecule has 6 rings (SSSR count). The molecule has 0 N–H and O–H groups in total. The van der Waals surface area contributed by atoms with Gasteiger partial charge >= 0.3 is 0 Å². The first kappa shape index (κ1) is 23.9. The van der Waals surface area contributed by atoms with E-state index in [-0.39, 0.29) is 18.4 Å². The van der Waals surface area contributed by atoms with Crippen LogP contribution in [0.15, 0.2) is 78.9 Å². The normalized spacial score (nSPS) is 17.1. The SMILES string of the molecule is CC1=[N+](C)CC2Cc3cccnc3C(=O)N(Cc3nc(N(C)Cc4cccnc4)c4ccccc4n3)C2=C1. The van der Waals surface area contributed by atoms with Crippen molar-refractivity contribution >= 4 is 28.3 Å². The van der Waals surface area contributed by atoms with Crippen LogP contribution in [0.5, 0.6) is 0 Å². The van der Waals surface area contributed by atoms with Gasteiger partial charge in [-0.3, -0.25) is 14.8 Å². The van der Waals surface area contributed by atoms with Gasteiger partial charge < -0.3 is 9.80 Å². The molecule has 0 aliphatic carbocycles. The Hall–Kier alpha value is -4.46. The van der Waals surface area contributed by atoms with Gasteiger partial charge in [0.1, 0.15) is 18.6 Å². The predicted molar refractivity (Wildman–Crippen MR) is 147 cm³/mol. The van der Waals surface area contributed by atoms with E-state index in [4.69, 9.17) is 9.97 Å². The summed E-state index contributed by atoms with van der Waals surface area (Å²) in [6, 6.07) is 15.9. The van der Waals surface area contributed by atoms with Gasteiger partial charge in [0.2, 0.25) is 0 Å². The molecule has 1 amide bonds. The minimum atomic E-state index is -0.103. The van der Waals surface area contributed by atoms with E-state index >= 15 is 0 Å². The van der Waals surface area contributed by atoms with Crippen LogP contribution in [-0.4, -0.2) is 61.7 Å². The highest BCUT2D eigenvalue weighted by atomic mass is 16.2. The van der Waals surface area contributed by atoms with Crippen molar-refractivity contribution < 1.29 is 9.37 Å². The first-order chi connectivity index (χ1) is 18.5. The molecule has 2 aliphatic heterocycles. The van der Waals surface area contributed by atoms with Gasteiger partial charge in [0, 0.05) is 56.3 Å². The van der Waals surface area contributed by atoms with E-state index in [1.807, 2.05) is 60.6 Å². The maximum Gasteiger partial charge on any atom is 0.277 e. The Morgan fingerprint density at radius 3 is 2.76 bits per heavy atom. The smallest absolute Gasteiger partial charge is 0.277 e. The Morgan fingerprint density at radius 1 is 1.08 bits per heavy atom. The van der Waals surface area contributed by atoms with Gasteiger partial charge in [-0.25, -0.2) is 14.5 Å². The van der Waals surface area contributed by atoms with Gasteiger partial charge in [0.05, 0.1) is 18.0 Å². The van der Waals surface area contributed by atoms with Crippen molar-refractivity contribution in [1.82, 2.24) is 24.8 Å². The molecule has 3 aromatic heterocycles. The second-order valence-corrected chi connectivity index (χ2v) is 10.1. The molecule has 0 saturated heterocycles. The molecule has 2 aliphatic rings. The van der Waals surface area contributed by atoms with Gasteiger partial charge in [-0.15, -0.1) is 0 Å². The fourth-order valence-electron chi connectivity index (χ4n) is 5.40. The summed E-state index contributed by atoms with van der Waals surface area (Å²) in [5.41, 5.74) is 5.57. The lowest BCUT2D eigenvalue weighted by molar-refractivity contribution is -0.505. The molecule has 8 heteroatoms. The van der Waals surface area contributed by atoms with Crippen LogP contribution in [-0.2, 0) is 19.5 Å². The average molecular weight is 505 g/mol. The zero-order chi connectivity index (χ0) is 26.2. The molecule has 1 unspecified atom stereocenters. The standard InChI is InChI=1S/C30H30N7O/c1-20-14-26-23(18-35(20)2)15-22-9-7-13-32-28(22)30(38)37(26)19-27-33-25-11-5-4-10-24(25)29(34-27)36(3)17-21-8-6-12-31-16-21/h4-14,16,23H,15,17-19H2,1-3H3/q+1. The number of benzene rings is 1. The molecule has 190 valence electrons. The predicted octanol–water partition coefficient (Wildman–Crippen LogP) is 3.87. The highest BCUT2D eigenvalue weighted by Gasteiger charge is 2.37. The highest BCUT2D eigenvalue weighted by Crippen LogP contribution is 2.32. The fraction of sp³-hybridized carbons (Fsp3) is 0.267. The summed E-state index contributed by atoms with van der Waals surface area (Å²) < 4.78 is 2.25. The van der Waals surface area contributed by atoms with Crippen LogP contribution in [0, 0.1) is 5.92 Å². The zero-order valence-electron chi connectivity index (χ0n) is 21.9. The van der Waals surface area contributed by atoms with E-state index in [2.05, 4.69) is 45.6 Å². The van der Waals surface area contributed by atoms with Crippen LogP contribution in [0.2, 0.25) is 0 Å². The zero-order valence-corrected chi connectivity index (χ0v) is 21.9. The third-order valence-electron chi connectivity index (χ3n) is 7.42. The number of allylic oxidation sites excluding steroid dienone is 1. The van der Waals surface area contributed by atoms with Crippen molar-refractivity contribution in [3.8, 4) is 0 Å². The molecule has 0 saturated carbocycles. The molecule has 0 fully saturated rings. The van der Waals surface area contributed by atoms with E-state index in [0.29, 0.717) is 18.1 Å². The van der Waals surface area contributed by atoms with Gasteiger partial charge in [0.15, 0.2) is 18.1 Å². The number of anilines is 1. The third kappa shape index (κ3) is 4.42. The third-order valence-corrected chi connectivity index (χ3v) is 7.42. The Kier molecular flexibility index (Phi) is 6.15. The number of hydrogen-bond acceptors (Lipinski definition) is 6. The Bertz CT molecular complexity index is 1600. The van der Waals surface area contributed by atoms with Crippen molar-refractivity contribution in [1.29, 1.82) is 0 Å². The molecule has 0 bridgehead atoms. The Balaban J connectivity index is 1.43. The summed E-state index contributed by atoms with van der Waals surface area (Å²) in [6.07, 6.45) is 8.24. The van der Waals surface area contributed by atoms with Crippen LogP contribution in [0.1, 0.15) is 34.4 Å². The number of nitrogens with zero attached hydrogens (tertiary/aromatic N) is 7.